The summed E-state index contributed by atoms with van der Waals surface area (Å²) in [5, 5.41) is 0. The minimum Gasteiger partial charge on any atom is -0.466 e. The molecule has 0 fully saturated rings. The zero-order chi connectivity index (χ0) is 9.40. The average molecular weight is 192 g/mol. The Balaban J connectivity index is 3.33. The molecule has 3 nitrogen and oxygen atoms in total. The normalized spacial score (nSPS) is 12.6. The Bertz CT molecular complexity index is 127. The Morgan fingerprint density at radius 2 is 2.25 bits per heavy atom. The second-order valence-electron chi connectivity index (χ2n) is 2.47. The van der Waals surface area contributed by atoms with Crippen LogP contribution in [0.15, 0.2) is 0 Å². The molecule has 0 aliphatic rings. The van der Waals surface area contributed by atoms with E-state index in [1.54, 1.807) is 0 Å². The third kappa shape index (κ3) is 6.49. The van der Waals surface area contributed by atoms with Crippen LogP contribution in [0.1, 0.15) is 26.2 Å². The van der Waals surface area contributed by atoms with Crippen LogP contribution in [0.3, 0.4) is 0 Å². The van der Waals surface area contributed by atoms with E-state index in [1.165, 1.54) is 7.11 Å². The smallest absolute Gasteiger partial charge is 0.309 e. The number of thiol groups is 1. The van der Waals surface area contributed by atoms with Gasteiger partial charge >= 0.3 is 5.97 Å². The van der Waals surface area contributed by atoms with E-state index in [0.717, 1.165) is 12.8 Å². The lowest BCUT2D eigenvalue weighted by Gasteiger charge is -2.07. The zero-order valence-corrected chi connectivity index (χ0v) is 8.47. The molecular weight excluding hydrogens is 176 g/mol. The molecule has 0 amide bonds. The standard InChI is InChI=1S/C8H16O3S/c1-3-4-5-11-7(9)6-8(12)10-2/h8,12H,3-6H2,1-2H3. The monoisotopic (exact) mass is 192 g/mol. The molecule has 1 atom stereocenters. The molecule has 0 aromatic carbocycles. The number of carbonyl (C=O) groups excluding carboxylic acids is 1. The van der Waals surface area contributed by atoms with Crippen molar-refractivity contribution < 1.29 is 14.3 Å². The van der Waals surface area contributed by atoms with Crippen LogP contribution in [-0.2, 0) is 14.3 Å². The van der Waals surface area contributed by atoms with Gasteiger partial charge in [0.15, 0.2) is 0 Å². The molecule has 0 N–H and O–H groups in total. The lowest BCUT2D eigenvalue weighted by molar-refractivity contribution is -0.145. The van der Waals surface area contributed by atoms with Crippen molar-refractivity contribution >= 4 is 18.6 Å². The highest BCUT2D eigenvalue weighted by atomic mass is 32.1. The van der Waals surface area contributed by atoms with Gasteiger partial charge in [0.05, 0.1) is 13.0 Å². The zero-order valence-electron chi connectivity index (χ0n) is 7.58. The second-order valence-corrected chi connectivity index (χ2v) is 3.04. The van der Waals surface area contributed by atoms with Crippen molar-refractivity contribution in [1.29, 1.82) is 0 Å². The Morgan fingerprint density at radius 1 is 1.58 bits per heavy atom. The molecule has 0 rings (SSSR count). The van der Waals surface area contributed by atoms with Gasteiger partial charge in [-0.3, -0.25) is 4.79 Å². The molecule has 0 aliphatic carbocycles. The maximum Gasteiger partial charge on any atom is 0.309 e. The molecule has 72 valence electrons. The van der Waals surface area contributed by atoms with E-state index in [0.29, 0.717) is 6.61 Å². The molecule has 0 aromatic heterocycles. The summed E-state index contributed by atoms with van der Waals surface area (Å²) in [6.07, 6.45) is 2.15. The molecule has 0 saturated carbocycles. The SMILES string of the molecule is CCCCOC(=O)CC(S)OC. The third-order valence-electron chi connectivity index (χ3n) is 1.37. The Hall–Kier alpha value is -0.220. The predicted molar refractivity (Wildman–Crippen MR) is 50.3 cm³/mol. The molecule has 0 spiro atoms. The van der Waals surface area contributed by atoms with Crippen LogP contribution in [0.25, 0.3) is 0 Å². The summed E-state index contributed by atoms with van der Waals surface area (Å²) in [4.78, 5) is 10.9. The van der Waals surface area contributed by atoms with Gasteiger partial charge in [-0.25, -0.2) is 0 Å². The quantitative estimate of drug-likeness (QED) is 0.301. The summed E-state index contributed by atoms with van der Waals surface area (Å²) in [5.74, 6) is -0.245. The number of hydrogen-bond acceptors (Lipinski definition) is 4. The summed E-state index contributed by atoms with van der Waals surface area (Å²) in [5.41, 5.74) is -0.348. The van der Waals surface area contributed by atoms with Gasteiger partial charge in [-0.1, -0.05) is 13.3 Å². The first-order valence-corrected chi connectivity index (χ1v) is 4.58. The van der Waals surface area contributed by atoms with Gasteiger partial charge in [0, 0.05) is 7.11 Å². The number of hydrogen-bond donors (Lipinski definition) is 1. The lowest BCUT2D eigenvalue weighted by atomic mass is 10.4. The molecule has 0 aromatic rings. The molecule has 0 radical (unpaired) electrons. The van der Waals surface area contributed by atoms with Crippen LogP contribution in [0.5, 0.6) is 0 Å². The maximum atomic E-state index is 10.9. The number of carbonyl (C=O) groups is 1. The van der Waals surface area contributed by atoms with Crippen LogP contribution < -0.4 is 0 Å². The molecule has 0 heterocycles. The van der Waals surface area contributed by atoms with Gasteiger partial charge < -0.3 is 9.47 Å². The molecule has 12 heavy (non-hydrogen) atoms. The fraction of sp³-hybridized carbons (Fsp3) is 0.875. The van der Waals surface area contributed by atoms with E-state index < -0.39 is 0 Å². The molecule has 0 bridgehead atoms. The molecule has 0 aliphatic heterocycles. The van der Waals surface area contributed by atoms with Crippen LogP contribution >= 0.6 is 12.6 Å². The minimum absolute atomic E-state index is 0.212. The first-order chi connectivity index (χ1) is 5.70. The van der Waals surface area contributed by atoms with Crippen molar-refractivity contribution in [3.63, 3.8) is 0 Å². The number of methoxy groups -OCH3 is 1. The summed E-state index contributed by atoms with van der Waals surface area (Å²) in [6, 6.07) is 0. The summed E-state index contributed by atoms with van der Waals surface area (Å²) >= 11 is 3.99. The first-order valence-electron chi connectivity index (χ1n) is 4.07. The van der Waals surface area contributed by atoms with Gasteiger partial charge in [-0.05, 0) is 6.42 Å². The molecule has 4 heteroatoms. The predicted octanol–water partition coefficient (Wildman–Crippen LogP) is 1.62. The van der Waals surface area contributed by atoms with E-state index >= 15 is 0 Å². The second kappa shape index (κ2) is 7.43. The van der Waals surface area contributed by atoms with Crippen molar-refractivity contribution in [2.24, 2.45) is 0 Å². The van der Waals surface area contributed by atoms with E-state index in [-0.39, 0.29) is 17.8 Å². The van der Waals surface area contributed by atoms with E-state index in [4.69, 9.17) is 9.47 Å². The molecule has 1 unspecified atom stereocenters. The summed E-state index contributed by atoms with van der Waals surface area (Å²) in [7, 11) is 1.51. The highest BCUT2D eigenvalue weighted by Crippen LogP contribution is 2.03. The summed E-state index contributed by atoms with van der Waals surface area (Å²) in [6.45, 7) is 2.55. The number of unbranched alkanes of at least 4 members (excludes halogenated alkanes) is 1. The number of ether oxygens (including phenoxy) is 2. The first kappa shape index (κ1) is 11.8. The highest BCUT2D eigenvalue weighted by Gasteiger charge is 2.08. The lowest BCUT2D eigenvalue weighted by Crippen LogP contribution is -2.13. The Kier molecular flexibility index (Phi) is 7.29. The van der Waals surface area contributed by atoms with Crippen molar-refractivity contribution in [2.45, 2.75) is 31.6 Å². The van der Waals surface area contributed by atoms with Gasteiger partial charge in [-0.2, -0.15) is 0 Å². The average Bonchev–Trinajstić information content (AvgIpc) is 2.05. The topological polar surface area (TPSA) is 35.5 Å². The molecular formula is C8H16O3S. The van der Waals surface area contributed by atoms with Crippen LogP contribution in [0.4, 0.5) is 0 Å². The van der Waals surface area contributed by atoms with E-state index in [1.807, 2.05) is 6.92 Å². The Morgan fingerprint density at radius 3 is 2.75 bits per heavy atom. The van der Waals surface area contributed by atoms with Crippen molar-refractivity contribution in [3.8, 4) is 0 Å². The van der Waals surface area contributed by atoms with Gasteiger partial charge in [0.25, 0.3) is 0 Å². The van der Waals surface area contributed by atoms with Gasteiger partial charge in [-0.15, -0.1) is 12.6 Å². The van der Waals surface area contributed by atoms with E-state index in [9.17, 15) is 4.79 Å². The van der Waals surface area contributed by atoms with Crippen molar-refractivity contribution in [3.05, 3.63) is 0 Å². The van der Waals surface area contributed by atoms with Crippen LogP contribution in [-0.4, -0.2) is 25.1 Å². The number of esters is 1. The maximum absolute atomic E-state index is 10.9. The van der Waals surface area contributed by atoms with Gasteiger partial charge in [0.2, 0.25) is 0 Å². The van der Waals surface area contributed by atoms with Crippen molar-refractivity contribution in [1.82, 2.24) is 0 Å². The minimum atomic E-state index is -0.348. The fourth-order valence-corrected chi connectivity index (χ4v) is 0.764. The largest absolute Gasteiger partial charge is 0.466 e. The van der Waals surface area contributed by atoms with Crippen molar-refractivity contribution in [2.75, 3.05) is 13.7 Å². The Labute approximate surface area is 78.8 Å². The molecule has 0 saturated heterocycles. The fourth-order valence-electron chi connectivity index (χ4n) is 0.615. The van der Waals surface area contributed by atoms with Crippen LogP contribution in [0, 0.1) is 0 Å². The highest BCUT2D eigenvalue weighted by molar-refractivity contribution is 7.80. The number of rotatable bonds is 6. The van der Waals surface area contributed by atoms with E-state index in [2.05, 4.69) is 12.6 Å². The van der Waals surface area contributed by atoms with Gasteiger partial charge in [0.1, 0.15) is 5.44 Å². The third-order valence-corrected chi connectivity index (χ3v) is 1.77. The summed E-state index contributed by atoms with van der Waals surface area (Å²) < 4.78 is 9.68. The van der Waals surface area contributed by atoms with Crippen LogP contribution in [0.2, 0.25) is 0 Å².